The predicted octanol–water partition coefficient (Wildman–Crippen LogP) is 5.00. The van der Waals surface area contributed by atoms with Crippen molar-refractivity contribution in [2.24, 2.45) is 0 Å². The average Bonchev–Trinajstić information content (AvgIpc) is 3.34. The topological polar surface area (TPSA) is 58.9 Å². The van der Waals surface area contributed by atoms with Gasteiger partial charge in [0.1, 0.15) is 0 Å². The molecule has 0 fully saturated rings. The van der Waals surface area contributed by atoms with Crippen LogP contribution in [-0.2, 0) is 13.0 Å². The number of likely N-dealkylation sites (N-methyl/N-ethyl adjacent to an activating group) is 1. The molecule has 0 amide bonds. The van der Waals surface area contributed by atoms with Gasteiger partial charge in [0.15, 0.2) is 0 Å². The fraction of sp³-hybridized carbons (Fsp3) is 0.231. The lowest BCUT2D eigenvalue weighted by Crippen LogP contribution is -2.31. The van der Waals surface area contributed by atoms with E-state index in [0.717, 1.165) is 54.2 Å². The zero-order chi connectivity index (χ0) is 22.7. The summed E-state index contributed by atoms with van der Waals surface area (Å²) in [6.07, 6.45) is 2.69. The molecule has 0 aliphatic carbocycles. The molecule has 0 saturated heterocycles. The fourth-order valence-electron chi connectivity index (χ4n) is 5.09. The lowest BCUT2D eigenvalue weighted by Gasteiger charge is -2.27. The molecule has 0 spiro atoms. The Labute approximate surface area is 196 Å². The Bertz CT molecular complexity index is 1570. The molecule has 0 bridgehead atoms. The van der Waals surface area contributed by atoms with Gasteiger partial charge >= 0.3 is 0 Å². The van der Waals surface area contributed by atoms with Crippen LogP contribution in [0.25, 0.3) is 33.2 Å². The maximum atomic E-state index is 13.3. The van der Waals surface area contributed by atoms with E-state index in [4.69, 9.17) is 11.6 Å². The lowest BCUT2D eigenvalue weighted by molar-refractivity contribution is 0.263. The molecule has 4 heterocycles. The van der Waals surface area contributed by atoms with Crippen molar-refractivity contribution in [1.82, 2.24) is 24.2 Å². The molecule has 6 rings (SSSR count). The highest BCUT2D eigenvalue weighted by Gasteiger charge is 2.26. The number of hydrogen-bond donors (Lipinski definition) is 1. The number of pyridine rings is 1. The number of halogens is 1. The number of H-pyrrole nitrogens is 1. The third-order valence-corrected chi connectivity index (χ3v) is 7.04. The molecule has 0 saturated carbocycles. The molecule has 5 aromatic rings. The van der Waals surface area contributed by atoms with Crippen molar-refractivity contribution in [3.63, 3.8) is 0 Å². The molecule has 7 heteroatoms. The van der Waals surface area contributed by atoms with Crippen molar-refractivity contribution in [2.45, 2.75) is 26.8 Å². The normalized spacial score (nSPS) is 14.3. The molecule has 166 valence electrons. The summed E-state index contributed by atoms with van der Waals surface area (Å²) in [7, 11) is 0. The number of fused-ring (bicyclic) bond motifs is 4. The van der Waals surface area contributed by atoms with E-state index in [1.807, 2.05) is 19.1 Å². The zero-order valence-electron chi connectivity index (χ0n) is 18.6. The minimum Gasteiger partial charge on any atom is -0.308 e. The first-order valence-electron chi connectivity index (χ1n) is 11.3. The summed E-state index contributed by atoms with van der Waals surface area (Å²) < 4.78 is 3.89. The minimum atomic E-state index is -0.124. The number of aryl methyl sites for hydroxylation is 1. The van der Waals surface area contributed by atoms with Crippen LogP contribution in [0.5, 0.6) is 0 Å². The molecule has 1 aliphatic rings. The average molecular weight is 458 g/mol. The highest BCUT2D eigenvalue weighted by Crippen LogP contribution is 2.36. The number of rotatable bonds is 3. The molecule has 33 heavy (non-hydrogen) atoms. The number of hydrogen-bond acceptors (Lipinski definition) is 3. The molecular weight excluding hydrogens is 434 g/mol. The maximum Gasteiger partial charge on any atom is 0.280 e. The van der Waals surface area contributed by atoms with Gasteiger partial charge in [-0.2, -0.15) is 0 Å². The van der Waals surface area contributed by atoms with E-state index in [2.05, 4.69) is 50.7 Å². The van der Waals surface area contributed by atoms with Crippen molar-refractivity contribution in [2.75, 3.05) is 13.1 Å². The van der Waals surface area contributed by atoms with Crippen LogP contribution in [-0.4, -0.2) is 37.3 Å². The number of aromatic amines is 1. The first-order valence-corrected chi connectivity index (χ1v) is 11.6. The number of nitrogens with zero attached hydrogens (tertiary/aromatic N) is 4. The Balaban J connectivity index is 1.68. The van der Waals surface area contributed by atoms with Gasteiger partial charge in [-0.3, -0.25) is 19.8 Å². The van der Waals surface area contributed by atoms with Crippen LogP contribution in [0.3, 0.4) is 0 Å². The van der Waals surface area contributed by atoms with Crippen LogP contribution >= 0.6 is 11.6 Å². The van der Waals surface area contributed by atoms with E-state index < -0.39 is 0 Å². The summed E-state index contributed by atoms with van der Waals surface area (Å²) in [6, 6.07) is 15.8. The largest absolute Gasteiger partial charge is 0.308 e. The molecule has 1 N–H and O–H groups in total. The second-order valence-corrected chi connectivity index (χ2v) is 9.04. The van der Waals surface area contributed by atoms with E-state index in [1.165, 1.54) is 16.6 Å². The second-order valence-electron chi connectivity index (χ2n) is 8.61. The van der Waals surface area contributed by atoms with Crippen LogP contribution in [0, 0.1) is 6.92 Å². The smallest absolute Gasteiger partial charge is 0.280 e. The summed E-state index contributed by atoms with van der Waals surface area (Å²) in [4.78, 5) is 20.5. The molecule has 1 aliphatic heterocycles. The fourth-order valence-corrected chi connectivity index (χ4v) is 5.22. The van der Waals surface area contributed by atoms with Crippen LogP contribution in [0.2, 0.25) is 5.02 Å². The molecular formula is C26H24ClN5O. The van der Waals surface area contributed by atoms with Gasteiger partial charge in [0.25, 0.3) is 5.56 Å². The quantitative estimate of drug-likeness (QED) is 0.415. The van der Waals surface area contributed by atoms with Gasteiger partial charge in [-0.15, -0.1) is 0 Å². The van der Waals surface area contributed by atoms with Crippen LogP contribution in [0.15, 0.2) is 59.5 Å². The highest BCUT2D eigenvalue weighted by molar-refractivity contribution is 6.30. The van der Waals surface area contributed by atoms with Gasteiger partial charge < -0.3 is 4.57 Å². The van der Waals surface area contributed by atoms with Crippen LogP contribution in [0.4, 0.5) is 0 Å². The summed E-state index contributed by atoms with van der Waals surface area (Å²) >= 11 is 6.06. The van der Waals surface area contributed by atoms with E-state index in [9.17, 15) is 4.79 Å². The zero-order valence-corrected chi connectivity index (χ0v) is 19.4. The number of para-hydroxylation sites is 1. The van der Waals surface area contributed by atoms with Crippen molar-refractivity contribution < 1.29 is 0 Å². The summed E-state index contributed by atoms with van der Waals surface area (Å²) in [5.74, 6) is 0. The molecule has 3 aromatic heterocycles. The molecule has 0 atom stereocenters. The number of aromatic nitrogens is 4. The van der Waals surface area contributed by atoms with Crippen LogP contribution < -0.4 is 5.56 Å². The van der Waals surface area contributed by atoms with Gasteiger partial charge in [0, 0.05) is 35.4 Å². The van der Waals surface area contributed by atoms with Crippen LogP contribution in [0.1, 0.15) is 23.9 Å². The van der Waals surface area contributed by atoms with Gasteiger partial charge in [0.05, 0.1) is 33.5 Å². The monoisotopic (exact) mass is 457 g/mol. The van der Waals surface area contributed by atoms with E-state index in [-0.39, 0.29) is 5.56 Å². The second kappa shape index (κ2) is 7.61. The third-order valence-electron chi connectivity index (χ3n) is 6.79. The van der Waals surface area contributed by atoms with Crippen molar-refractivity contribution in [3.05, 3.63) is 87.1 Å². The lowest BCUT2D eigenvalue weighted by atomic mass is 10.0. The Morgan fingerprint density at radius 3 is 2.67 bits per heavy atom. The Kier molecular flexibility index (Phi) is 4.67. The summed E-state index contributed by atoms with van der Waals surface area (Å²) in [5.41, 5.74) is 7.05. The summed E-state index contributed by atoms with van der Waals surface area (Å²) in [6.45, 7) is 7.15. The molecule has 6 nitrogen and oxygen atoms in total. The Morgan fingerprint density at radius 2 is 1.88 bits per heavy atom. The predicted molar refractivity (Wildman–Crippen MR) is 133 cm³/mol. The minimum absolute atomic E-state index is 0.124. The van der Waals surface area contributed by atoms with Crippen molar-refractivity contribution in [3.8, 4) is 11.4 Å². The van der Waals surface area contributed by atoms with Gasteiger partial charge in [-0.05, 0) is 55.8 Å². The summed E-state index contributed by atoms with van der Waals surface area (Å²) in [5, 5.41) is 5.86. The standard InChI is InChI=1S/C26H24ClN5O/c1-3-30-13-12-20-19-6-4-5-7-22(19)31(23(20)15-30)25-16(2)28-14-21-24(25)29-32(26(21)33)18-10-8-17(27)9-11-18/h4-11,14,29H,3,12-13,15H2,1-2H3. The Hall–Kier alpha value is -3.35. The first kappa shape index (κ1) is 20.3. The van der Waals surface area contributed by atoms with Gasteiger partial charge in [0.2, 0.25) is 0 Å². The van der Waals surface area contributed by atoms with Gasteiger partial charge in [-0.1, -0.05) is 36.7 Å². The highest BCUT2D eigenvalue weighted by atomic mass is 35.5. The van der Waals surface area contributed by atoms with E-state index >= 15 is 0 Å². The van der Waals surface area contributed by atoms with Crippen molar-refractivity contribution in [1.29, 1.82) is 0 Å². The SMILES string of the molecule is CCN1CCc2c(n(-c3c(C)ncc4c(=O)n(-c5ccc(Cl)cc5)[nH]c34)c3ccccc23)C1. The first-order chi connectivity index (χ1) is 16.1. The number of nitrogens with one attached hydrogen (secondary N) is 1. The third kappa shape index (κ3) is 3.05. The van der Waals surface area contributed by atoms with Crippen molar-refractivity contribution >= 4 is 33.4 Å². The molecule has 0 unspecified atom stereocenters. The Morgan fingerprint density at radius 1 is 1.09 bits per heavy atom. The maximum absolute atomic E-state index is 13.3. The van der Waals surface area contributed by atoms with E-state index in [1.54, 1.807) is 23.0 Å². The molecule has 0 radical (unpaired) electrons. The number of benzene rings is 2. The molecule has 2 aromatic carbocycles. The van der Waals surface area contributed by atoms with Gasteiger partial charge in [-0.25, -0.2) is 4.68 Å². The van der Waals surface area contributed by atoms with E-state index in [0.29, 0.717) is 10.4 Å².